The molecular formula is C27H26F3NO2. The second-order valence-corrected chi connectivity index (χ2v) is 9.51. The summed E-state index contributed by atoms with van der Waals surface area (Å²) in [6.45, 7) is 2.15. The Labute approximate surface area is 191 Å². The number of carboxylic acids is 1. The zero-order valence-corrected chi connectivity index (χ0v) is 18.5. The molecule has 0 radical (unpaired) electrons. The van der Waals surface area contributed by atoms with E-state index in [1.165, 1.54) is 11.6 Å². The molecule has 2 unspecified atom stereocenters. The summed E-state index contributed by atoms with van der Waals surface area (Å²) in [5, 5.41) is 8.84. The molecule has 172 valence electrons. The molecule has 0 bridgehead atoms. The number of benzene rings is 2. The van der Waals surface area contributed by atoms with Crippen molar-refractivity contribution in [3.05, 3.63) is 81.9 Å². The zero-order valence-electron chi connectivity index (χ0n) is 18.5. The van der Waals surface area contributed by atoms with Gasteiger partial charge in [0.05, 0.1) is 6.04 Å². The molecule has 1 aliphatic heterocycles. The number of rotatable bonds is 5. The fraction of sp³-hybridized carbons (Fsp3) is 0.370. The molecule has 1 N–H and O–H groups in total. The fourth-order valence-corrected chi connectivity index (χ4v) is 5.37. The maximum absolute atomic E-state index is 15.5. The molecule has 2 aromatic rings. The summed E-state index contributed by atoms with van der Waals surface area (Å²) in [6, 6.07) is 9.68. The van der Waals surface area contributed by atoms with E-state index in [9.17, 15) is 9.18 Å². The first-order valence-corrected chi connectivity index (χ1v) is 11.4. The van der Waals surface area contributed by atoms with E-state index in [0.717, 1.165) is 41.3 Å². The normalized spacial score (nSPS) is 24.0. The topological polar surface area (TPSA) is 40.5 Å². The zero-order chi connectivity index (χ0) is 23.3. The molecule has 2 atom stereocenters. The SMILES string of the molecule is CC1CC2=C(CCc3ccccc32)C(c2c(F)cc(/C=C/C(=O)O)cc2F)N1CC1(F)CC1. The number of aryl methyl sites for hydroxylation is 1. The van der Waals surface area contributed by atoms with E-state index < -0.39 is 29.3 Å². The highest BCUT2D eigenvalue weighted by molar-refractivity contribution is 5.85. The minimum atomic E-state index is -1.30. The van der Waals surface area contributed by atoms with Crippen LogP contribution in [0.2, 0.25) is 0 Å². The van der Waals surface area contributed by atoms with Crippen LogP contribution in [0.5, 0.6) is 0 Å². The van der Waals surface area contributed by atoms with Gasteiger partial charge in [-0.3, -0.25) is 4.90 Å². The van der Waals surface area contributed by atoms with Gasteiger partial charge < -0.3 is 5.11 Å². The van der Waals surface area contributed by atoms with Gasteiger partial charge in [0.25, 0.3) is 0 Å². The number of halogens is 3. The number of hydrogen-bond acceptors (Lipinski definition) is 2. The van der Waals surface area contributed by atoms with Crippen LogP contribution in [-0.4, -0.2) is 34.2 Å². The Morgan fingerprint density at radius 2 is 1.88 bits per heavy atom. The molecule has 0 amide bonds. The lowest BCUT2D eigenvalue weighted by Crippen LogP contribution is -2.46. The van der Waals surface area contributed by atoms with Crippen LogP contribution in [0.1, 0.15) is 60.9 Å². The van der Waals surface area contributed by atoms with Crippen LogP contribution in [0.25, 0.3) is 11.6 Å². The van der Waals surface area contributed by atoms with Crippen molar-refractivity contribution in [3.8, 4) is 0 Å². The smallest absolute Gasteiger partial charge is 0.328 e. The van der Waals surface area contributed by atoms with Crippen LogP contribution in [-0.2, 0) is 11.2 Å². The summed E-state index contributed by atoms with van der Waals surface area (Å²) in [5.74, 6) is -2.67. The number of fused-ring (bicyclic) bond motifs is 2. The number of alkyl halides is 1. The lowest BCUT2D eigenvalue weighted by molar-refractivity contribution is -0.131. The van der Waals surface area contributed by atoms with Gasteiger partial charge in [0.1, 0.15) is 17.3 Å². The van der Waals surface area contributed by atoms with Crippen molar-refractivity contribution in [2.24, 2.45) is 0 Å². The average Bonchev–Trinajstić information content (AvgIpc) is 3.50. The van der Waals surface area contributed by atoms with Crippen molar-refractivity contribution >= 4 is 17.6 Å². The van der Waals surface area contributed by atoms with Gasteiger partial charge in [-0.2, -0.15) is 0 Å². The fourth-order valence-electron chi connectivity index (χ4n) is 5.37. The van der Waals surface area contributed by atoms with Crippen molar-refractivity contribution < 1.29 is 23.1 Å². The van der Waals surface area contributed by atoms with E-state index >= 15 is 8.78 Å². The predicted molar refractivity (Wildman–Crippen MR) is 121 cm³/mol. The van der Waals surface area contributed by atoms with E-state index in [4.69, 9.17) is 5.11 Å². The highest BCUT2D eigenvalue weighted by Gasteiger charge is 2.49. The number of hydrogen-bond donors (Lipinski definition) is 1. The number of aliphatic carboxylic acids is 1. The van der Waals surface area contributed by atoms with Crippen LogP contribution in [0.4, 0.5) is 13.2 Å². The Bertz CT molecular complexity index is 1160. The van der Waals surface area contributed by atoms with E-state index in [1.54, 1.807) is 0 Å². The second-order valence-electron chi connectivity index (χ2n) is 9.51. The molecule has 1 saturated carbocycles. The molecule has 0 aromatic heterocycles. The third-order valence-electron chi connectivity index (χ3n) is 7.17. The minimum Gasteiger partial charge on any atom is -0.478 e. The standard InChI is InChI=1S/C27H26F3NO2/c1-16-12-21-19-5-3-2-4-18(19)7-8-20(21)26(31(16)15-27(30)10-11-27)25-22(28)13-17(14-23(25)29)6-9-24(32)33/h2-6,9,13-14,16,26H,7-8,10-12,15H2,1H3,(H,32,33)/b9-6+. The van der Waals surface area contributed by atoms with Gasteiger partial charge >= 0.3 is 5.97 Å². The summed E-state index contributed by atoms with van der Waals surface area (Å²) in [4.78, 5) is 12.7. The monoisotopic (exact) mass is 453 g/mol. The summed E-state index contributed by atoms with van der Waals surface area (Å²) >= 11 is 0. The Kier molecular flexibility index (Phi) is 5.44. The average molecular weight is 454 g/mol. The van der Waals surface area contributed by atoms with Crippen LogP contribution in [0.3, 0.4) is 0 Å². The number of carboxylic acid groups (broad SMARTS) is 1. The summed E-state index contributed by atoms with van der Waals surface area (Å²) in [7, 11) is 0. The van der Waals surface area contributed by atoms with Gasteiger partial charge in [-0.25, -0.2) is 18.0 Å². The van der Waals surface area contributed by atoms with Crippen molar-refractivity contribution in [2.45, 2.75) is 56.8 Å². The lowest BCUT2D eigenvalue weighted by Gasteiger charge is -2.46. The lowest BCUT2D eigenvalue weighted by atomic mass is 9.74. The van der Waals surface area contributed by atoms with Crippen molar-refractivity contribution in [1.29, 1.82) is 0 Å². The van der Waals surface area contributed by atoms with E-state index in [1.807, 2.05) is 24.0 Å². The van der Waals surface area contributed by atoms with Gasteiger partial charge in [0.2, 0.25) is 0 Å². The van der Waals surface area contributed by atoms with Gasteiger partial charge in [0.15, 0.2) is 0 Å². The van der Waals surface area contributed by atoms with E-state index in [2.05, 4.69) is 12.1 Å². The molecule has 2 aliphatic carbocycles. The number of carbonyl (C=O) groups is 1. The Morgan fingerprint density at radius 3 is 2.55 bits per heavy atom. The highest BCUT2D eigenvalue weighted by atomic mass is 19.1. The molecule has 6 heteroatoms. The summed E-state index contributed by atoms with van der Waals surface area (Å²) < 4.78 is 45.9. The maximum atomic E-state index is 15.5. The molecule has 3 nitrogen and oxygen atoms in total. The van der Waals surface area contributed by atoms with Crippen LogP contribution < -0.4 is 0 Å². The van der Waals surface area contributed by atoms with Gasteiger partial charge in [-0.05, 0) is 85.1 Å². The quantitative estimate of drug-likeness (QED) is 0.556. The van der Waals surface area contributed by atoms with Crippen LogP contribution in [0.15, 0.2) is 48.0 Å². The predicted octanol–water partition coefficient (Wildman–Crippen LogP) is 6.10. The first-order chi connectivity index (χ1) is 15.8. The summed E-state index contributed by atoms with van der Waals surface area (Å²) in [6.07, 6.45) is 5.12. The van der Waals surface area contributed by atoms with Crippen LogP contribution in [0, 0.1) is 11.6 Å². The molecule has 1 fully saturated rings. The Hall–Kier alpha value is -2.86. The Morgan fingerprint density at radius 1 is 1.18 bits per heavy atom. The molecule has 5 rings (SSSR count). The first kappa shape index (κ1) is 22.0. The second kappa shape index (κ2) is 8.17. The van der Waals surface area contributed by atoms with Gasteiger partial charge in [-0.15, -0.1) is 0 Å². The highest BCUT2D eigenvalue weighted by Crippen LogP contribution is 2.51. The first-order valence-electron chi connectivity index (χ1n) is 11.4. The maximum Gasteiger partial charge on any atom is 0.328 e. The van der Waals surface area contributed by atoms with E-state index in [-0.39, 0.29) is 23.7 Å². The van der Waals surface area contributed by atoms with E-state index in [0.29, 0.717) is 25.7 Å². The van der Waals surface area contributed by atoms with Crippen molar-refractivity contribution in [3.63, 3.8) is 0 Å². The van der Waals surface area contributed by atoms with Crippen molar-refractivity contribution in [2.75, 3.05) is 6.54 Å². The van der Waals surface area contributed by atoms with Crippen molar-refractivity contribution in [1.82, 2.24) is 4.90 Å². The number of nitrogens with zero attached hydrogens (tertiary/aromatic N) is 1. The molecule has 1 heterocycles. The molecule has 0 saturated heterocycles. The molecule has 33 heavy (non-hydrogen) atoms. The van der Waals surface area contributed by atoms with Crippen LogP contribution >= 0.6 is 0 Å². The molecule has 2 aromatic carbocycles. The molecule has 3 aliphatic rings. The summed E-state index contributed by atoms with van der Waals surface area (Å²) in [5.41, 5.74) is 3.19. The Balaban J connectivity index is 1.65. The molecule has 0 spiro atoms. The third kappa shape index (κ3) is 4.12. The van der Waals surface area contributed by atoms with Gasteiger partial charge in [-0.1, -0.05) is 24.3 Å². The largest absolute Gasteiger partial charge is 0.478 e. The molecular weight excluding hydrogens is 427 g/mol. The van der Waals surface area contributed by atoms with Gasteiger partial charge in [0, 0.05) is 24.2 Å². The minimum absolute atomic E-state index is 0.0786. The third-order valence-corrected chi connectivity index (χ3v) is 7.17.